The summed E-state index contributed by atoms with van der Waals surface area (Å²) < 4.78 is 45.2. The SMILES string of the molecule is CCCN(CC(=O)Nc1ccccc1OC)CC(=O)Nc1ccc(F)c(F)c1F. The van der Waals surface area contributed by atoms with Crippen LogP contribution in [0.15, 0.2) is 36.4 Å². The van der Waals surface area contributed by atoms with E-state index in [0.29, 0.717) is 24.4 Å². The number of rotatable bonds is 9. The minimum atomic E-state index is -1.66. The van der Waals surface area contributed by atoms with Crippen LogP contribution in [0.3, 0.4) is 0 Å². The summed E-state index contributed by atoms with van der Waals surface area (Å²) >= 11 is 0. The Bertz CT molecular complexity index is 877. The number of carbonyl (C=O) groups excluding carboxylic acids is 2. The Morgan fingerprint density at radius 1 is 0.931 bits per heavy atom. The van der Waals surface area contributed by atoms with E-state index in [2.05, 4.69) is 10.6 Å². The van der Waals surface area contributed by atoms with Crippen molar-refractivity contribution in [2.75, 3.05) is 37.4 Å². The number of nitrogens with zero attached hydrogens (tertiary/aromatic N) is 1. The van der Waals surface area contributed by atoms with Gasteiger partial charge in [-0.3, -0.25) is 14.5 Å². The summed E-state index contributed by atoms with van der Waals surface area (Å²) in [5, 5.41) is 4.90. The molecular weight excluding hydrogens is 387 g/mol. The van der Waals surface area contributed by atoms with Crippen LogP contribution in [-0.2, 0) is 9.59 Å². The van der Waals surface area contributed by atoms with Gasteiger partial charge >= 0.3 is 0 Å². The molecule has 0 atom stereocenters. The molecule has 156 valence electrons. The minimum absolute atomic E-state index is 0.0976. The van der Waals surface area contributed by atoms with Crippen LogP contribution in [0.1, 0.15) is 13.3 Å². The van der Waals surface area contributed by atoms with Gasteiger partial charge in [-0.1, -0.05) is 19.1 Å². The first-order valence-electron chi connectivity index (χ1n) is 8.94. The number of anilines is 2. The van der Waals surface area contributed by atoms with Crippen molar-refractivity contribution in [1.82, 2.24) is 4.90 Å². The van der Waals surface area contributed by atoms with E-state index in [-0.39, 0.29) is 19.0 Å². The van der Waals surface area contributed by atoms with Gasteiger partial charge in [-0.15, -0.1) is 0 Å². The van der Waals surface area contributed by atoms with Crippen LogP contribution in [-0.4, -0.2) is 43.5 Å². The highest BCUT2D eigenvalue weighted by molar-refractivity contribution is 5.95. The van der Waals surface area contributed by atoms with Crippen molar-refractivity contribution in [1.29, 1.82) is 0 Å². The first-order valence-corrected chi connectivity index (χ1v) is 8.94. The molecule has 2 N–H and O–H groups in total. The largest absolute Gasteiger partial charge is 0.495 e. The number of hydrogen-bond donors (Lipinski definition) is 2. The maximum Gasteiger partial charge on any atom is 0.238 e. The summed E-state index contributed by atoms with van der Waals surface area (Å²) in [6.45, 7) is 1.97. The fourth-order valence-electron chi connectivity index (χ4n) is 2.69. The van der Waals surface area contributed by atoms with E-state index in [1.165, 1.54) is 7.11 Å². The lowest BCUT2D eigenvalue weighted by atomic mass is 10.2. The summed E-state index contributed by atoms with van der Waals surface area (Å²) in [5.41, 5.74) is 0.0218. The minimum Gasteiger partial charge on any atom is -0.495 e. The monoisotopic (exact) mass is 409 g/mol. The van der Waals surface area contributed by atoms with E-state index in [4.69, 9.17) is 4.74 Å². The zero-order chi connectivity index (χ0) is 21.4. The molecule has 0 fully saturated rings. The first-order chi connectivity index (χ1) is 13.8. The Labute approximate surface area is 166 Å². The third-order valence-corrected chi connectivity index (χ3v) is 3.96. The van der Waals surface area contributed by atoms with Crippen molar-refractivity contribution in [3.63, 3.8) is 0 Å². The maximum atomic E-state index is 13.7. The van der Waals surface area contributed by atoms with E-state index >= 15 is 0 Å². The highest BCUT2D eigenvalue weighted by Crippen LogP contribution is 2.23. The molecule has 2 rings (SSSR count). The van der Waals surface area contributed by atoms with E-state index in [1.807, 2.05) is 6.92 Å². The van der Waals surface area contributed by atoms with Gasteiger partial charge in [0.05, 0.1) is 31.6 Å². The van der Waals surface area contributed by atoms with Crippen LogP contribution in [0, 0.1) is 17.5 Å². The van der Waals surface area contributed by atoms with Gasteiger partial charge in [0, 0.05) is 0 Å². The van der Waals surface area contributed by atoms with Gasteiger partial charge in [0.15, 0.2) is 17.5 Å². The van der Waals surface area contributed by atoms with E-state index in [1.54, 1.807) is 29.2 Å². The molecule has 0 unspecified atom stereocenters. The first kappa shape index (κ1) is 22.2. The fraction of sp³-hybridized carbons (Fsp3) is 0.300. The highest BCUT2D eigenvalue weighted by Gasteiger charge is 2.18. The van der Waals surface area contributed by atoms with Gasteiger partial charge in [0.1, 0.15) is 5.75 Å². The Balaban J connectivity index is 1.99. The zero-order valence-corrected chi connectivity index (χ0v) is 16.1. The van der Waals surface area contributed by atoms with Gasteiger partial charge < -0.3 is 15.4 Å². The molecule has 0 aliphatic heterocycles. The van der Waals surface area contributed by atoms with Crippen molar-refractivity contribution in [3.05, 3.63) is 53.8 Å². The summed E-state index contributed by atoms with van der Waals surface area (Å²) in [6, 6.07) is 8.54. The van der Waals surface area contributed by atoms with Crippen LogP contribution in [0.25, 0.3) is 0 Å². The van der Waals surface area contributed by atoms with Crippen LogP contribution >= 0.6 is 0 Å². The number of methoxy groups -OCH3 is 1. The number of halogens is 3. The van der Waals surface area contributed by atoms with Crippen LogP contribution in [0.5, 0.6) is 5.75 Å². The molecule has 6 nitrogen and oxygen atoms in total. The summed E-state index contributed by atoms with van der Waals surface area (Å²) in [5.74, 6) is -5.02. The second kappa shape index (κ2) is 10.5. The second-order valence-corrected chi connectivity index (χ2v) is 6.23. The van der Waals surface area contributed by atoms with E-state index in [0.717, 1.165) is 12.1 Å². The molecule has 0 aliphatic rings. The Kier molecular flexibility index (Phi) is 8.02. The summed E-state index contributed by atoms with van der Waals surface area (Å²) in [7, 11) is 1.48. The summed E-state index contributed by atoms with van der Waals surface area (Å²) in [6.07, 6.45) is 0.661. The van der Waals surface area contributed by atoms with Crippen molar-refractivity contribution in [2.24, 2.45) is 0 Å². The molecule has 0 saturated heterocycles. The molecule has 2 amide bonds. The third kappa shape index (κ3) is 6.21. The molecule has 2 aromatic carbocycles. The molecule has 2 aromatic rings. The Morgan fingerprint density at radius 2 is 1.55 bits per heavy atom. The summed E-state index contributed by atoms with van der Waals surface area (Å²) in [4.78, 5) is 26.1. The Morgan fingerprint density at radius 3 is 2.17 bits per heavy atom. The van der Waals surface area contributed by atoms with Crippen LogP contribution in [0.2, 0.25) is 0 Å². The lowest BCUT2D eigenvalue weighted by molar-refractivity contribution is -0.120. The molecule has 0 aliphatic carbocycles. The van der Waals surface area contributed by atoms with Gasteiger partial charge in [-0.05, 0) is 37.2 Å². The second-order valence-electron chi connectivity index (χ2n) is 6.23. The number of hydrogen-bond acceptors (Lipinski definition) is 4. The fourth-order valence-corrected chi connectivity index (χ4v) is 2.69. The third-order valence-electron chi connectivity index (χ3n) is 3.96. The van der Waals surface area contributed by atoms with Gasteiger partial charge in [-0.2, -0.15) is 0 Å². The lowest BCUT2D eigenvalue weighted by Gasteiger charge is -2.21. The number of amides is 2. The Hall–Kier alpha value is -3.07. The number of ether oxygens (including phenoxy) is 1. The molecule has 0 spiro atoms. The van der Waals surface area contributed by atoms with E-state index in [9.17, 15) is 22.8 Å². The number of nitrogens with one attached hydrogen (secondary N) is 2. The van der Waals surface area contributed by atoms with E-state index < -0.39 is 29.0 Å². The van der Waals surface area contributed by atoms with Crippen molar-refractivity contribution >= 4 is 23.2 Å². The predicted octanol–water partition coefficient (Wildman–Crippen LogP) is 3.40. The number of benzene rings is 2. The molecule has 29 heavy (non-hydrogen) atoms. The molecule has 0 bridgehead atoms. The molecule has 0 aromatic heterocycles. The number of para-hydroxylation sites is 2. The van der Waals surface area contributed by atoms with Gasteiger partial charge in [0.25, 0.3) is 0 Å². The average Bonchev–Trinajstić information content (AvgIpc) is 2.69. The molecular formula is C20H22F3N3O3. The topological polar surface area (TPSA) is 70.7 Å². The molecule has 0 heterocycles. The predicted molar refractivity (Wildman–Crippen MR) is 103 cm³/mol. The number of carbonyl (C=O) groups is 2. The van der Waals surface area contributed by atoms with Gasteiger partial charge in [0.2, 0.25) is 11.8 Å². The average molecular weight is 409 g/mol. The van der Waals surface area contributed by atoms with Crippen molar-refractivity contribution < 1.29 is 27.5 Å². The normalized spacial score (nSPS) is 10.7. The molecule has 9 heteroatoms. The molecule has 0 saturated carbocycles. The smallest absolute Gasteiger partial charge is 0.238 e. The van der Waals surface area contributed by atoms with Crippen LogP contribution in [0.4, 0.5) is 24.5 Å². The van der Waals surface area contributed by atoms with Crippen molar-refractivity contribution in [3.8, 4) is 5.75 Å². The highest BCUT2D eigenvalue weighted by atomic mass is 19.2. The zero-order valence-electron chi connectivity index (χ0n) is 16.1. The van der Waals surface area contributed by atoms with Gasteiger partial charge in [-0.25, -0.2) is 13.2 Å². The molecule has 0 radical (unpaired) electrons. The van der Waals surface area contributed by atoms with Crippen LogP contribution < -0.4 is 15.4 Å². The van der Waals surface area contributed by atoms with Crippen molar-refractivity contribution in [2.45, 2.75) is 13.3 Å². The maximum absolute atomic E-state index is 13.7. The standard InChI is InChI=1S/C20H22F3N3O3/c1-3-10-26(11-17(27)24-14-6-4-5-7-16(14)29-2)12-18(28)25-15-9-8-13(21)19(22)20(15)23/h4-9H,3,10-12H2,1-2H3,(H,24,27)(H,25,28). The quantitative estimate of drug-likeness (QED) is 0.623. The lowest BCUT2D eigenvalue weighted by Crippen LogP contribution is -2.39.